The van der Waals surface area contributed by atoms with E-state index in [0.29, 0.717) is 11.6 Å². The molecular formula is C14H18Cl2N2O2. The summed E-state index contributed by atoms with van der Waals surface area (Å²) >= 11 is 5.89. The van der Waals surface area contributed by atoms with Crippen molar-refractivity contribution in [1.29, 1.82) is 0 Å². The number of carbonyl (C=O) groups excluding carboxylic acids is 1. The third kappa shape index (κ3) is 3.26. The van der Waals surface area contributed by atoms with Crippen LogP contribution in [0.2, 0.25) is 5.02 Å². The Bertz CT molecular complexity index is 463. The van der Waals surface area contributed by atoms with Gasteiger partial charge in [-0.05, 0) is 24.1 Å². The van der Waals surface area contributed by atoms with Crippen LogP contribution < -0.4 is 10.6 Å². The van der Waals surface area contributed by atoms with Crippen LogP contribution in [-0.4, -0.2) is 31.6 Å². The van der Waals surface area contributed by atoms with Gasteiger partial charge in [0, 0.05) is 24.7 Å². The van der Waals surface area contributed by atoms with Gasteiger partial charge in [0.25, 0.3) is 0 Å². The molecule has 0 spiro atoms. The third-order valence-corrected chi connectivity index (χ3v) is 4.02. The summed E-state index contributed by atoms with van der Waals surface area (Å²) in [5.74, 6) is 0.250. The van der Waals surface area contributed by atoms with E-state index in [2.05, 4.69) is 10.6 Å². The second-order valence-corrected chi connectivity index (χ2v) is 5.54. The quantitative estimate of drug-likeness (QED) is 0.896. The van der Waals surface area contributed by atoms with Gasteiger partial charge in [0.15, 0.2) is 0 Å². The highest BCUT2D eigenvalue weighted by Crippen LogP contribution is 2.30. The van der Waals surface area contributed by atoms with Gasteiger partial charge in [0.05, 0.1) is 12.0 Å². The van der Waals surface area contributed by atoms with Gasteiger partial charge in [0.1, 0.15) is 6.10 Å². The van der Waals surface area contributed by atoms with Gasteiger partial charge in [-0.1, -0.05) is 23.7 Å². The Labute approximate surface area is 129 Å². The minimum absolute atomic E-state index is 0. The Hall–Kier alpha value is -0.810. The molecule has 0 saturated carbocycles. The van der Waals surface area contributed by atoms with Crippen molar-refractivity contribution in [2.45, 2.75) is 18.6 Å². The smallest absolute Gasteiger partial charge is 0.226 e. The normalized spacial score (nSPS) is 25.6. The molecule has 2 N–H and O–H groups in total. The maximum Gasteiger partial charge on any atom is 0.226 e. The molecule has 2 atom stereocenters. The molecular weight excluding hydrogens is 299 g/mol. The highest BCUT2D eigenvalue weighted by Gasteiger charge is 2.33. The van der Waals surface area contributed by atoms with Crippen molar-refractivity contribution in [2.75, 3.05) is 19.7 Å². The zero-order valence-corrected chi connectivity index (χ0v) is 12.5. The first-order valence-electron chi connectivity index (χ1n) is 6.62. The lowest BCUT2D eigenvalue weighted by molar-refractivity contribution is -0.127. The van der Waals surface area contributed by atoms with E-state index in [1.54, 1.807) is 0 Å². The monoisotopic (exact) mass is 316 g/mol. The standard InChI is InChI=1S/C14H17ClN2O2.ClH/c15-11-3-1-9(2-4-11)13-12(5-6-19-13)17-14(18)10-7-16-8-10;/h1-4,10,12-13,16H,5-8H2,(H,17,18);1H. The lowest BCUT2D eigenvalue weighted by Crippen LogP contribution is -2.53. The number of hydrogen-bond acceptors (Lipinski definition) is 3. The van der Waals surface area contributed by atoms with Crippen molar-refractivity contribution in [3.8, 4) is 0 Å². The van der Waals surface area contributed by atoms with E-state index in [1.165, 1.54) is 0 Å². The van der Waals surface area contributed by atoms with Gasteiger partial charge in [-0.15, -0.1) is 12.4 Å². The fourth-order valence-electron chi connectivity index (χ4n) is 2.49. The number of nitrogens with one attached hydrogen (secondary N) is 2. The van der Waals surface area contributed by atoms with Crippen LogP contribution in [0.1, 0.15) is 18.1 Å². The van der Waals surface area contributed by atoms with Crippen LogP contribution in [-0.2, 0) is 9.53 Å². The molecule has 0 radical (unpaired) electrons. The second-order valence-electron chi connectivity index (χ2n) is 5.10. The Morgan fingerprint density at radius 3 is 2.60 bits per heavy atom. The molecule has 2 fully saturated rings. The first kappa shape index (κ1) is 15.6. The molecule has 2 aliphatic heterocycles. The summed E-state index contributed by atoms with van der Waals surface area (Å²) in [5, 5.41) is 6.93. The van der Waals surface area contributed by atoms with Gasteiger partial charge in [-0.2, -0.15) is 0 Å². The van der Waals surface area contributed by atoms with Crippen LogP contribution >= 0.6 is 24.0 Å². The first-order chi connectivity index (χ1) is 9.24. The molecule has 0 bridgehead atoms. The van der Waals surface area contributed by atoms with E-state index in [-0.39, 0.29) is 36.4 Å². The Morgan fingerprint density at radius 2 is 2.00 bits per heavy atom. The number of carbonyl (C=O) groups is 1. The Balaban J connectivity index is 0.00000147. The number of rotatable bonds is 3. The van der Waals surface area contributed by atoms with E-state index < -0.39 is 0 Å². The Morgan fingerprint density at radius 1 is 1.30 bits per heavy atom. The van der Waals surface area contributed by atoms with E-state index >= 15 is 0 Å². The first-order valence-corrected chi connectivity index (χ1v) is 7.00. The van der Waals surface area contributed by atoms with Crippen LogP contribution in [0.5, 0.6) is 0 Å². The molecule has 2 heterocycles. The highest BCUT2D eigenvalue weighted by atomic mass is 35.5. The fraction of sp³-hybridized carbons (Fsp3) is 0.500. The van der Waals surface area contributed by atoms with Crippen LogP contribution in [0.15, 0.2) is 24.3 Å². The zero-order chi connectivity index (χ0) is 13.2. The number of benzene rings is 1. The minimum Gasteiger partial charge on any atom is -0.371 e. The van der Waals surface area contributed by atoms with E-state index in [4.69, 9.17) is 16.3 Å². The van der Waals surface area contributed by atoms with Crippen molar-refractivity contribution in [1.82, 2.24) is 10.6 Å². The maximum absolute atomic E-state index is 12.0. The lowest BCUT2D eigenvalue weighted by Gasteiger charge is -2.28. The summed E-state index contributed by atoms with van der Waals surface area (Å²) in [6.45, 7) is 2.25. The summed E-state index contributed by atoms with van der Waals surface area (Å²) in [6, 6.07) is 7.69. The molecule has 2 unspecified atom stereocenters. The SMILES string of the molecule is Cl.O=C(NC1CCOC1c1ccc(Cl)cc1)C1CNC1. The molecule has 3 rings (SSSR count). The van der Waals surface area contributed by atoms with Crippen molar-refractivity contribution in [2.24, 2.45) is 5.92 Å². The highest BCUT2D eigenvalue weighted by molar-refractivity contribution is 6.30. The molecule has 20 heavy (non-hydrogen) atoms. The number of amides is 1. The van der Waals surface area contributed by atoms with E-state index in [0.717, 1.165) is 25.1 Å². The van der Waals surface area contributed by atoms with Crippen LogP contribution in [0.25, 0.3) is 0 Å². The average Bonchev–Trinajstić information content (AvgIpc) is 2.76. The minimum atomic E-state index is -0.0609. The molecule has 1 aromatic carbocycles. The Kier molecular flexibility index (Phi) is 5.27. The zero-order valence-electron chi connectivity index (χ0n) is 11.0. The van der Waals surface area contributed by atoms with Gasteiger partial charge < -0.3 is 15.4 Å². The molecule has 2 aliphatic rings. The molecule has 1 amide bonds. The fourth-order valence-corrected chi connectivity index (χ4v) is 2.62. The van der Waals surface area contributed by atoms with Crippen molar-refractivity contribution in [3.05, 3.63) is 34.9 Å². The third-order valence-electron chi connectivity index (χ3n) is 3.77. The molecule has 6 heteroatoms. The second kappa shape index (κ2) is 6.76. The number of ether oxygens (including phenoxy) is 1. The van der Waals surface area contributed by atoms with Crippen LogP contribution in [0, 0.1) is 5.92 Å². The van der Waals surface area contributed by atoms with Gasteiger partial charge in [0.2, 0.25) is 5.91 Å². The van der Waals surface area contributed by atoms with Crippen molar-refractivity contribution >= 4 is 29.9 Å². The van der Waals surface area contributed by atoms with Crippen molar-refractivity contribution in [3.63, 3.8) is 0 Å². The molecule has 4 nitrogen and oxygen atoms in total. The van der Waals surface area contributed by atoms with Crippen LogP contribution in [0.3, 0.4) is 0 Å². The predicted molar refractivity (Wildman–Crippen MR) is 80.3 cm³/mol. The van der Waals surface area contributed by atoms with E-state index in [9.17, 15) is 4.79 Å². The summed E-state index contributed by atoms with van der Waals surface area (Å²) in [5.41, 5.74) is 1.07. The van der Waals surface area contributed by atoms with E-state index in [1.807, 2.05) is 24.3 Å². The topological polar surface area (TPSA) is 50.4 Å². The number of halogens is 2. The summed E-state index contributed by atoms with van der Waals surface area (Å²) in [7, 11) is 0. The van der Waals surface area contributed by atoms with Gasteiger partial charge in [-0.25, -0.2) is 0 Å². The number of hydrogen-bond donors (Lipinski definition) is 2. The summed E-state index contributed by atoms with van der Waals surface area (Å²) < 4.78 is 5.75. The van der Waals surface area contributed by atoms with Gasteiger partial charge >= 0.3 is 0 Å². The largest absolute Gasteiger partial charge is 0.371 e. The van der Waals surface area contributed by atoms with Crippen LogP contribution in [0.4, 0.5) is 0 Å². The average molecular weight is 317 g/mol. The molecule has 2 saturated heterocycles. The predicted octanol–water partition coefficient (Wildman–Crippen LogP) is 1.93. The van der Waals surface area contributed by atoms with Gasteiger partial charge in [-0.3, -0.25) is 4.79 Å². The van der Waals surface area contributed by atoms with Crippen molar-refractivity contribution < 1.29 is 9.53 Å². The molecule has 1 aromatic rings. The lowest BCUT2D eigenvalue weighted by atomic mass is 9.99. The molecule has 110 valence electrons. The summed E-state index contributed by atoms with van der Waals surface area (Å²) in [6.07, 6.45) is 0.799. The molecule has 0 aliphatic carbocycles. The molecule has 0 aromatic heterocycles. The summed E-state index contributed by atoms with van der Waals surface area (Å²) in [4.78, 5) is 12.0. The maximum atomic E-state index is 12.0.